The van der Waals surface area contributed by atoms with E-state index in [0.29, 0.717) is 5.75 Å². The molecule has 0 radical (unpaired) electrons. The highest BCUT2D eigenvalue weighted by molar-refractivity contribution is 6.23. The highest BCUT2D eigenvalue weighted by Gasteiger charge is 2.18. The molecule has 5 aromatic rings. The molecule has 0 unspecified atom stereocenters. The zero-order valence-corrected chi connectivity index (χ0v) is 19.1. The Labute approximate surface area is 193 Å². The summed E-state index contributed by atoms with van der Waals surface area (Å²) < 4.78 is 2.46. The molecule has 5 heteroatoms. The Bertz CT molecular complexity index is 1420. The van der Waals surface area contributed by atoms with E-state index in [9.17, 15) is 5.11 Å². The average Bonchev–Trinajstić information content (AvgIpc) is 3.43. The number of H-pyrrole nitrogens is 1. The minimum absolute atomic E-state index is 0.315. The van der Waals surface area contributed by atoms with Gasteiger partial charge in [-0.25, -0.2) is 0 Å². The molecule has 1 aliphatic heterocycles. The number of aromatic amines is 1. The summed E-state index contributed by atoms with van der Waals surface area (Å²) in [6.45, 7) is 6.69. The van der Waals surface area contributed by atoms with E-state index in [2.05, 4.69) is 81.3 Å². The summed E-state index contributed by atoms with van der Waals surface area (Å²) in [7, 11) is 2.21. The molecule has 33 heavy (non-hydrogen) atoms. The van der Waals surface area contributed by atoms with Crippen LogP contribution in [-0.2, 0) is 6.54 Å². The number of piperazine rings is 1. The van der Waals surface area contributed by atoms with Crippen molar-refractivity contribution in [3.63, 3.8) is 0 Å². The Morgan fingerprint density at radius 2 is 1.61 bits per heavy atom. The van der Waals surface area contributed by atoms with Gasteiger partial charge in [0.2, 0.25) is 0 Å². The second-order valence-corrected chi connectivity index (χ2v) is 9.32. The molecule has 1 aliphatic rings. The van der Waals surface area contributed by atoms with Crippen LogP contribution in [0.2, 0.25) is 0 Å². The quantitative estimate of drug-likeness (QED) is 0.392. The lowest BCUT2D eigenvalue weighted by Gasteiger charge is -2.32. The van der Waals surface area contributed by atoms with Crippen molar-refractivity contribution < 1.29 is 5.11 Å². The molecule has 1 fully saturated rings. The standard InChI is InChI=1S/C28H30N4O/c1-30-12-14-31(15-13-30)10-5-11-32-26-9-8-21(33)16-23(26)28-25-19-29-18-24(25)22(17-27(28)32)20-6-3-2-4-7-20/h2-4,6-9,16-19,29,33H,5,10-15H2,1H3. The van der Waals surface area contributed by atoms with E-state index in [0.717, 1.165) is 51.1 Å². The van der Waals surface area contributed by atoms with Crippen LogP contribution in [0.15, 0.2) is 67.0 Å². The van der Waals surface area contributed by atoms with Crippen LogP contribution in [0.3, 0.4) is 0 Å². The summed E-state index contributed by atoms with van der Waals surface area (Å²) in [5.74, 6) is 0.315. The molecule has 0 aliphatic carbocycles. The lowest BCUT2D eigenvalue weighted by Crippen LogP contribution is -2.44. The monoisotopic (exact) mass is 438 g/mol. The molecular formula is C28H30N4O. The Hall–Kier alpha value is -3.28. The van der Waals surface area contributed by atoms with Crippen molar-refractivity contribution in [2.24, 2.45) is 0 Å². The first-order valence-electron chi connectivity index (χ1n) is 11.9. The largest absolute Gasteiger partial charge is 0.508 e. The van der Waals surface area contributed by atoms with Gasteiger partial charge in [0.15, 0.2) is 0 Å². The summed E-state index contributed by atoms with van der Waals surface area (Å²) >= 11 is 0. The molecule has 6 rings (SSSR count). The highest BCUT2D eigenvalue weighted by atomic mass is 16.3. The third-order valence-corrected chi connectivity index (χ3v) is 7.21. The predicted molar refractivity (Wildman–Crippen MR) is 137 cm³/mol. The fourth-order valence-corrected chi connectivity index (χ4v) is 5.42. The van der Waals surface area contributed by atoms with Gasteiger partial charge in [-0.2, -0.15) is 0 Å². The van der Waals surface area contributed by atoms with E-state index < -0.39 is 0 Å². The number of nitrogens with one attached hydrogen (secondary N) is 1. The topological polar surface area (TPSA) is 47.4 Å². The molecule has 0 saturated carbocycles. The van der Waals surface area contributed by atoms with E-state index in [-0.39, 0.29) is 0 Å². The number of phenolic OH excluding ortho intramolecular Hbond substituents is 1. The number of benzene rings is 3. The average molecular weight is 439 g/mol. The molecule has 2 aromatic heterocycles. The number of fused-ring (bicyclic) bond motifs is 5. The van der Waals surface area contributed by atoms with Crippen molar-refractivity contribution >= 4 is 32.6 Å². The summed E-state index contributed by atoms with van der Waals surface area (Å²) in [5.41, 5.74) is 4.89. The minimum atomic E-state index is 0.315. The van der Waals surface area contributed by atoms with Gasteiger partial charge < -0.3 is 24.5 Å². The van der Waals surface area contributed by atoms with Gasteiger partial charge in [0.05, 0.1) is 5.52 Å². The van der Waals surface area contributed by atoms with E-state index in [4.69, 9.17) is 0 Å². The minimum Gasteiger partial charge on any atom is -0.508 e. The second kappa shape index (κ2) is 8.25. The second-order valence-electron chi connectivity index (χ2n) is 9.32. The van der Waals surface area contributed by atoms with E-state index in [1.54, 1.807) is 0 Å². The molecule has 0 spiro atoms. The Balaban J connectivity index is 1.47. The third-order valence-electron chi connectivity index (χ3n) is 7.21. The van der Waals surface area contributed by atoms with Crippen molar-refractivity contribution in [2.45, 2.75) is 13.0 Å². The zero-order valence-electron chi connectivity index (χ0n) is 19.1. The van der Waals surface area contributed by atoms with Gasteiger partial charge in [0, 0.05) is 72.2 Å². The first kappa shape index (κ1) is 20.3. The fraction of sp³-hybridized carbons (Fsp3) is 0.286. The number of aryl methyl sites for hydroxylation is 1. The van der Waals surface area contributed by atoms with Gasteiger partial charge in [-0.15, -0.1) is 0 Å². The lowest BCUT2D eigenvalue weighted by molar-refractivity contribution is 0.151. The molecule has 0 atom stereocenters. The number of rotatable bonds is 5. The zero-order chi connectivity index (χ0) is 22.4. The molecule has 5 nitrogen and oxygen atoms in total. The van der Waals surface area contributed by atoms with Crippen molar-refractivity contribution in [3.05, 3.63) is 67.0 Å². The first-order valence-corrected chi connectivity index (χ1v) is 11.9. The summed E-state index contributed by atoms with van der Waals surface area (Å²) in [4.78, 5) is 8.32. The number of likely N-dealkylation sites (N-methyl/N-ethyl adjacent to an activating group) is 1. The van der Waals surface area contributed by atoms with Crippen LogP contribution in [0.1, 0.15) is 6.42 Å². The van der Waals surface area contributed by atoms with Crippen LogP contribution in [0.5, 0.6) is 5.75 Å². The van der Waals surface area contributed by atoms with Crippen LogP contribution in [0.25, 0.3) is 43.7 Å². The van der Waals surface area contributed by atoms with Crippen molar-refractivity contribution in [1.29, 1.82) is 0 Å². The maximum absolute atomic E-state index is 10.3. The van der Waals surface area contributed by atoms with Gasteiger partial charge in [-0.1, -0.05) is 30.3 Å². The van der Waals surface area contributed by atoms with E-state index in [1.807, 2.05) is 12.1 Å². The van der Waals surface area contributed by atoms with Crippen LogP contribution in [-0.4, -0.2) is 64.2 Å². The highest BCUT2D eigenvalue weighted by Crippen LogP contribution is 2.41. The number of hydrogen-bond acceptors (Lipinski definition) is 3. The molecule has 0 amide bonds. The molecule has 3 aromatic carbocycles. The summed E-state index contributed by atoms with van der Waals surface area (Å²) in [6, 6.07) is 18.8. The predicted octanol–water partition coefficient (Wildman–Crippen LogP) is 5.29. The Morgan fingerprint density at radius 3 is 2.42 bits per heavy atom. The normalized spacial score (nSPS) is 15.8. The maximum Gasteiger partial charge on any atom is 0.116 e. The maximum atomic E-state index is 10.3. The van der Waals surface area contributed by atoms with Gasteiger partial charge in [-0.3, -0.25) is 0 Å². The van der Waals surface area contributed by atoms with Gasteiger partial charge >= 0.3 is 0 Å². The SMILES string of the molecule is CN1CCN(CCCn2c3ccc(O)cc3c3c4c[nH]cc4c(-c4ccccc4)cc32)CC1. The number of nitrogens with zero attached hydrogens (tertiary/aromatic N) is 3. The van der Waals surface area contributed by atoms with Crippen LogP contribution >= 0.6 is 0 Å². The Morgan fingerprint density at radius 1 is 0.818 bits per heavy atom. The smallest absolute Gasteiger partial charge is 0.116 e. The van der Waals surface area contributed by atoms with Crippen LogP contribution < -0.4 is 0 Å². The summed E-state index contributed by atoms with van der Waals surface area (Å²) in [5, 5.41) is 15.1. The summed E-state index contributed by atoms with van der Waals surface area (Å²) in [6.07, 6.45) is 5.30. The molecule has 3 heterocycles. The van der Waals surface area contributed by atoms with E-state index >= 15 is 0 Å². The molecular weight excluding hydrogens is 408 g/mol. The molecule has 1 saturated heterocycles. The lowest BCUT2D eigenvalue weighted by atomic mass is 9.97. The van der Waals surface area contributed by atoms with Crippen LogP contribution in [0.4, 0.5) is 0 Å². The van der Waals surface area contributed by atoms with Crippen molar-refractivity contribution in [3.8, 4) is 16.9 Å². The van der Waals surface area contributed by atoms with Gasteiger partial charge in [0.25, 0.3) is 0 Å². The third kappa shape index (κ3) is 3.58. The molecule has 168 valence electrons. The number of phenols is 1. The number of hydrogen-bond donors (Lipinski definition) is 2. The van der Waals surface area contributed by atoms with Crippen molar-refractivity contribution in [2.75, 3.05) is 39.8 Å². The van der Waals surface area contributed by atoms with Gasteiger partial charge in [-0.05, 0) is 55.4 Å². The first-order chi connectivity index (χ1) is 16.2. The van der Waals surface area contributed by atoms with Crippen LogP contribution in [0, 0.1) is 0 Å². The van der Waals surface area contributed by atoms with E-state index in [1.165, 1.54) is 38.3 Å². The Kier molecular flexibility index (Phi) is 5.08. The molecule has 0 bridgehead atoms. The fourth-order valence-electron chi connectivity index (χ4n) is 5.42. The molecule has 2 N–H and O–H groups in total. The number of aromatic hydroxyl groups is 1. The number of aromatic nitrogens is 2. The van der Waals surface area contributed by atoms with Crippen molar-refractivity contribution in [1.82, 2.24) is 19.4 Å². The van der Waals surface area contributed by atoms with Gasteiger partial charge in [0.1, 0.15) is 5.75 Å².